The highest BCUT2D eigenvalue weighted by Gasteiger charge is 2.41. The summed E-state index contributed by atoms with van der Waals surface area (Å²) < 4.78 is 16.7. The van der Waals surface area contributed by atoms with E-state index in [9.17, 15) is 4.79 Å². The van der Waals surface area contributed by atoms with Gasteiger partial charge in [-0.15, -0.1) is 0 Å². The van der Waals surface area contributed by atoms with Crippen molar-refractivity contribution >= 4 is 22.3 Å². The van der Waals surface area contributed by atoms with E-state index >= 15 is 0 Å². The number of ether oxygens (including phenoxy) is 2. The van der Waals surface area contributed by atoms with E-state index < -0.39 is 0 Å². The molecule has 150 valence electrons. The normalized spacial score (nSPS) is 21.8. The highest BCUT2D eigenvalue weighted by molar-refractivity contribution is 7.18. The summed E-state index contributed by atoms with van der Waals surface area (Å²) in [4.78, 5) is 22.8. The number of aromatic nitrogens is 2. The monoisotopic (exact) mass is 411 g/mol. The van der Waals surface area contributed by atoms with Crippen LogP contribution in [0.15, 0.2) is 41.1 Å². The molecule has 0 aliphatic carbocycles. The fourth-order valence-electron chi connectivity index (χ4n) is 3.52. The van der Waals surface area contributed by atoms with Crippen LogP contribution >= 0.6 is 11.3 Å². The van der Waals surface area contributed by atoms with Crippen molar-refractivity contribution in [3.8, 4) is 11.5 Å². The quantitative estimate of drug-likeness (QED) is 0.480. The van der Waals surface area contributed by atoms with Crippen molar-refractivity contribution in [2.24, 2.45) is 5.92 Å². The van der Waals surface area contributed by atoms with Crippen LogP contribution in [0.1, 0.15) is 39.9 Å². The lowest BCUT2D eigenvalue weighted by Gasteiger charge is -2.20. The average molecular weight is 411 g/mol. The molecule has 0 spiro atoms. The van der Waals surface area contributed by atoms with E-state index in [4.69, 9.17) is 13.9 Å². The topological polar surface area (TPSA) is 89.8 Å². The Morgan fingerprint density at radius 2 is 2.10 bits per heavy atom. The summed E-state index contributed by atoms with van der Waals surface area (Å²) in [5, 5.41) is 3.95. The zero-order valence-corrected chi connectivity index (χ0v) is 16.8. The lowest BCUT2D eigenvalue weighted by molar-refractivity contribution is 0.0547. The molecule has 2 aliphatic heterocycles. The molecule has 0 bridgehead atoms. The number of aryl methyl sites for hydroxylation is 1. The highest BCUT2D eigenvalue weighted by Crippen LogP contribution is 2.41. The first-order valence-electron chi connectivity index (χ1n) is 9.70. The lowest BCUT2D eigenvalue weighted by atomic mass is 9.94. The second-order valence-electron chi connectivity index (χ2n) is 7.28. The average Bonchev–Trinajstić information content (AvgIpc) is 3.14. The summed E-state index contributed by atoms with van der Waals surface area (Å²) in [6.45, 7) is 3.20. The number of ketones is 1. The third kappa shape index (κ3) is 3.83. The zero-order chi connectivity index (χ0) is 19.8. The van der Waals surface area contributed by atoms with E-state index in [0.29, 0.717) is 34.7 Å². The first-order valence-corrected chi connectivity index (χ1v) is 10.5. The Morgan fingerprint density at radius 1 is 1.24 bits per heavy atom. The SMILES string of the molecule is Cc1ccc(C2OC2Nc2nc(-c3ccco3)c(C(=O)C3CCOCC3)s2)cn1. The molecule has 2 aliphatic rings. The van der Waals surface area contributed by atoms with Gasteiger partial charge in [0.15, 0.2) is 22.9 Å². The molecular weight excluding hydrogens is 390 g/mol. The Labute approximate surface area is 172 Å². The van der Waals surface area contributed by atoms with Crippen molar-refractivity contribution < 1.29 is 18.7 Å². The van der Waals surface area contributed by atoms with Crippen LogP contribution in [0.3, 0.4) is 0 Å². The smallest absolute Gasteiger partial charge is 0.186 e. The zero-order valence-electron chi connectivity index (χ0n) is 16.0. The summed E-state index contributed by atoms with van der Waals surface area (Å²) in [6, 6.07) is 7.62. The molecule has 5 heterocycles. The van der Waals surface area contributed by atoms with E-state index in [2.05, 4.69) is 15.3 Å². The van der Waals surface area contributed by atoms with Crippen molar-refractivity contribution in [1.29, 1.82) is 0 Å². The van der Waals surface area contributed by atoms with E-state index in [1.165, 1.54) is 11.3 Å². The summed E-state index contributed by atoms with van der Waals surface area (Å²) in [5.74, 6) is 0.677. The molecule has 0 amide bonds. The number of epoxide rings is 1. The maximum absolute atomic E-state index is 13.2. The minimum atomic E-state index is -0.180. The first kappa shape index (κ1) is 18.5. The fraction of sp³-hybridized carbons (Fsp3) is 0.381. The van der Waals surface area contributed by atoms with Gasteiger partial charge in [-0.05, 0) is 38.0 Å². The van der Waals surface area contributed by atoms with Gasteiger partial charge in [-0.2, -0.15) is 0 Å². The highest BCUT2D eigenvalue weighted by atomic mass is 32.1. The minimum absolute atomic E-state index is 0.0330. The number of thiazole rings is 1. The number of nitrogens with zero attached hydrogens (tertiary/aromatic N) is 2. The minimum Gasteiger partial charge on any atom is -0.463 e. The Bertz CT molecular complexity index is 994. The Balaban J connectivity index is 1.37. The summed E-state index contributed by atoms with van der Waals surface area (Å²) >= 11 is 1.36. The van der Waals surface area contributed by atoms with E-state index in [1.807, 2.05) is 31.3 Å². The summed E-state index contributed by atoms with van der Waals surface area (Å²) in [7, 11) is 0. The van der Waals surface area contributed by atoms with Gasteiger partial charge in [0.2, 0.25) is 0 Å². The number of anilines is 1. The van der Waals surface area contributed by atoms with Crippen LogP contribution < -0.4 is 5.32 Å². The molecule has 3 aromatic heterocycles. The number of carbonyl (C=O) groups excluding carboxylic acids is 1. The molecule has 0 aromatic carbocycles. The van der Waals surface area contributed by atoms with Crippen molar-refractivity contribution in [3.05, 3.63) is 52.9 Å². The Hall–Kier alpha value is -2.55. The molecule has 0 saturated carbocycles. The van der Waals surface area contributed by atoms with Crippen LogP contribution in [0.4, 0.5) is 5.13 Å². The number of hydrogen-bond donors (Lipinski definition) is 1. The summed E-state index contributed by atoms with van der Waals surface area (Å²) in [5.41, 5.74) is 2.58. The number of furan rings is 1. The number of Topliss-reactive ketones (excluding diaryl/α,β-unsaturated/α-hetero) is 1. The maximum atomic E-state index is 13.2. The van der Waals surface area contributed by atoms with Gasteiger partial charge in [-0.1, -0.05) is 17.4 Å². The predicted octanol–water partition coefficient (Wildman–Crippen LogP) is 4.23. The summed E-state index contributed by atoms with van der Waals surface area (Å²) in [6.07, 6.45) is 4.67. The van der Waals surface area contributed by atoms with Crippen molar-refractivity contribution in [3.63, 3.8) is 0 Å². The lowest BCUT2D eigenvalue weighted by Crippen LogP contribution is -2.23. The number of pyridine rings is 1. The van der Waals surface area contributed by atoms with Crippen LogP contribution in [0, 0.1) is 12.8 Å². The third-order valence-corrected chi connectivity index (χ3v) is 6.22. The van der Waals surface area contributed by atoms with Gasteiger partial charge >= 0.3 is 0 Å². The standard InChI is InChI=1S/C21H21N3O4S/c1-12-4-5-14(11-22-12)18-20(28-18)24-21-23-16(15-3-2-8-27-15)19(29-21)17(25)13-6-9-26-10-7-13/h2-5,8,11,13,18,20H,6-7,9-10H2,1H3,(H,23,24). The predicted molar refractivity (Wildman–Crippen MR) is 108 cm³/mol. The molecule has 2 unspecified atom stereocenters. The third-order valence-electron chi connectivity index (χ3n) is 5.22. The van der Waals surface area contributed by atoms with Gasteiger partial charge in [-0.25, -0.2) is 4.98 Å². The van der Waals surface area contributed by atoms with Gasteiger partial charge in [0, 0.05) is 36.6 Å². The van der Waals surface area contributed by atoms with Crippen LogP contribution in [-0.2, 0) is 9.47 Å². The molecule has 0 radical (unpaired) electrons. The molecular formula is C21H21N3O4S. The second kappa shape index (κ2) is 7.70. The van der Waals surface area contributed by atoms with E-state index in [-0.39, 0.29) is 24.0 Å². The molecule has 3 aromatic rings. The maximum Gasteiger partial charge on any atom is 0.186 e. The molecule has 1 N–H and O–H groups in total. The second-order valence-corrected chi connectivity index (χ2v) is 8.28. The Kier molecular flexibility index (Phi) is 4.91. The molecule has 5 rings (SSSR count). The van der Waals surface area contributed by atoms with Crippen LogP contribution in [-0.4, -0.2) is 35.2 Å². The fourth-order valence-corrected chi connectivity index (χ4v) is 4.53. The number of carbonyl (C=O) groups is 1. The van der Waals surface area contributed by atoms with Crippen molar-refractivity contribution in [2.45, 2.75) is 32.1 Å². The Morgan fingerprint density at radius 3 is 2.83 bits per heavy atom. The first-order chi connectivity index (χ1) is 14.2. The number of nitrogens with one attached hydrogen (secondary N) is 1. The van der Waals surface area contributed by atoms with Crippen LogP contribution in [0.5, 0.6) is 0 Å². The molecule has 2 fully saturated rings. The van der Waals surface area contributed by atoms with Crippen LogP contribution in [0.2, 0.25) is 0 Å². The van der Waals surface area contributed by atoms with E-state index in [0.717, 1.165) is 24.1 Å². The molecule has 29 heavy (non-hydrogen) atoms. The molecule has 2 saturated heterocycles. The van der Waals surface area contributed by atoms with Gasteiger partial charge in [0.1, 0.15) is 16.7 Å². The molecule has 8 heteroatoms. The van der Waals surface area contributed by atoms with Crippen molar-refractivity contribution in [1.82, 2.24) is 9.97 Å². The van der Waals surface area contributed by atoms with Crippen LogP contribution in [0.25, 0.3) is 11.5 Å². The van der Waals surface area contributed by atoms with Crippen molar-refractivity contribution in [2.75, 3.05) is 18.5 Å². The molecule has 2 atom stereocenters. The largest absolute Gasteiger partial charge is 0.463 e. The van der Waals surface area contributed by atoms with E-state index in [1.54, 1.807) is 12.3 Å². The molecule has 7 nitrogen and oxygen atoms in total. The van der Waals surface area contributed by atoms with Gasteiger partial charge in [0.05, 0.1) is 6.26 Å². The van der Waals surface area contributed by atoms with Gasteiger partial charge in [0.25, 0.3) is 0 Å². The van der Waals surface area contributed by atoms with Gasteiger partial charge in [-0.3, -0.25) is 9.78 Å². The number of rotatable bonds is 6. The van der Waals surface area contributed by atoms with Gasteiger partial charge < -0.3 is 19.2 Å². The number of hydrogen-bond acceptors (Lipinski definition) is 8.